The summed E-state index contributed by atoms with van der Waals surface area (Å²) in [6.45, 7) is 0.540. The number of likely N-dealkylation sites (N-methyl/N-ethyl adjacent to an activating group) is 1. The Kier molecular flexibility index (Phi) is 4.69. The molecule has 0 atom stereocenters. The number of hydrogen-bond acceptors (Lipinski definition) is 3. The van der Waals surface area contributed by atoms with Crippen molar-refractivity contribution in [3.63, 3.8) is 0 Å². The van der Waals surface area contributed by atoms with Crippen LogP contribution < -0.4 is 5.32 Å². The molecule has 0 saturated heterocycles. The number of hydrogen-bond donors (Lipinski definition) is 1. The van der Waals surface area contributed by atoms with Crippen LogP contribution in [0.5, 0.6) is 0 Å². The topological polar surface area (TPSA) is 67.2 Å². The molecule has 2 amide bonds. The van der Waals surface area contributed by atoms with E-state index in [-0.39, 0.29) is 11.8 Å². The number of nitrogens with one attached hydrogen (secondary N) is 1. The lowest BCUT2D eigenvalue weighted by atomic mass is 10.0. The highest BCUT2D eigenvalue weighted by Gasteiger charge is 2.15. The van der Waals surface area contributed by atoms with Crippen molar-refractivity contribution >= 4 is 34.6 Å². The minimum atomic E-state index is -0.0713. The maximum absolute atomic E-state index is 12.5. The summed E-state index contributed by atoms with van der Waals surface area (Å²) in [6.07, 6.45) is 8.16. The molecule has 4 rings (SSSR count). The fourth-order valence-electron chi connectivity index (χ4n) is 3.42. The van der Waals surface area contributed by atoms with Gasteiger partial charge >= 0.3 is 0 Å². The van der Waals surface area contributed by atoms with Crippen molar-refractivity contribution < 1.29 is 9.59 Å². The highest BCUT2D eigenvalue weighted by atomic mass is 16.2. The first-order chi connectivity index (χ1) is 13.5. The second kappa shape index (κ2) is 7.31. The molecule has 6 heteroatoms. The van der Waals surface area contributed by atoms with Crippen LogP contribution in [-0.4, -0.2) is 33.3 Å². The first kappa shape index (κ1) is 18.0. The number of benzene rings is 1. The third-order valence-corrected chi connectivity index (χ3v) is 5.03. The van der Waals surface area contributed by atoms with E-state index < -0.39 is 0 Å². The van der Waals surface area contributed by atoms with Gasteiger partial charge in [-0.05, 0) is 52.8 Å². The number of carbonyl (C=O) groups is 2. The predicted molar refractivity (Wildman–Crippen MR) is 110 cm³/mol. The van der Waals surface area contributed by atoms with Gasteiger partial charge in [-0.25, -0.2) is 4.98 Å². The third kappa shape index (κ3) is 3.67. The molecule has 1 aliphatic rings. The number of pyridine rings is 1. The Morgan fingerprint density at radius 2 is 2.14 bits per heavy atom. The van der Waals surface area contributed by atoms with Crippen molar-refractivity contribution in [1.29, 1.82) is 0 Å². The van der Waals surface area contributed by atoms with E-state index >= 15 is 0 Å². The zero-order valence-electron chi connectivity index (χ0n) is 16.0. The third-order valence-electron chi connectivity index (χ3n) is 5.03. The van der Waals surface area contributed by atoms with Crippen LogP contribution in [0.2, 0.25) is 0 Å². The van der Waals surface area contributed by atoms with Gasteiger partial charge in [0.15, 0.2) is 0 Å². The molecule has 0 unspecified atom stereocenters. The summed E-state index contributed by atoms with van der Waals surface area (Å²) in [5, 5.41) is 3.95. The zero-order valence-corrected chi connectivity index (χ0v) is 16.0. The maximum atomic E-state index is 12.5. The predicted octanol–water partition coefficient (Wildman–Crippen LogP) is 3.13. The fraction of sp³-hybridized carbons (Fsp3) is 0.227. The molecule has 0 saturated carbocycles. The van der Waals surface area contributed by atoms with Gasteiger partial charge in [-0.3, -0.25) is 9.59 Å². The van der Waals surface area contributed by atoms with E-state index in [1.165, 1.54) is 5.39 Å². The lowest BCUT2D eigenvalue weighted by Crippen LogP contribution is -2.24. The van der Waals surface area contributed by atoms with Crippen LogP contribution in [0, 0.1) is 0 Å². The second-order valence-electron chi connectivity index (χ2n) is 7.17. The monoisotopic (exact) mass is 374 g/mol. The summed E-state index contributed by atoms with van der Waals surface area (Å²) in [4.78, 5) is 29.9. The number of aromatic nitrogens is 2. The van der Waals surface area contributed by atoms with Crippen LogP contribution in [-0.2, 0) is 29.6 Å². The van der Waals surface area contributed by atoms with E-state index in [1.807, 2.05) is 19.3 Å². The zero-order chi connectivity index (χ0) is 19.7. The quantitative estimate of drug-likeness (QED) is 0.714. The molecule has 142 valence electrons. The summed E-state index contributed by atoms with van der Waals surface area (Å²) < 4.78 is 2.08. The van der Waals surface area contributed by atoms with E-state index in [9.17, 15) is 9.59 Å². The summed E-state index contributed by atoms with van der Waals surface area (Å²) in [7, 11) is 3.81. The molecule has 0 aliphatic carbocycles. The van der Waals surface area contributed by atoms with E-state index in [0.29, 0.717) is 25.2 Å². The van der Waals surface area contributed by atoms with Gasteiger partial charge in [-0.1, -0.05) is 12.1 Å². The fourth-order valence-corrected chi connectivity index (χ4v) is 3.42. The van der Waals surface area contributed by atoms with Gasteiger partial charge in [0.25, 0.3) is 0 Å². The van der Waals surface area contributed by atoms with E-state index in [2.05, 4.69) is 39.1 Å². The molecule has 0 bridgehead atoms. The van der Waals surface area contributed by atoms with Crippen molar-refractivity contribution in [1.82, 2.24) is 14.5 Å². The summed E-state index contributed by atoms with van der Waals surface area (Å²) in [5.41, 5.74) is 4.09. The minimum Gasteiger partial charge on any atom is -0.351 e. The molecule has 0 spiro atoms. The van der Waals surface area contributed by atoms with Gasteiger partial charge in [0, 0.05) is 51.0 Å². The second-order valence-corrected chi connectivity index (χ2v) is 7.17. The average molecular weight is 374 g/mol. The van der Waals surface area contributed by atoms with E-state index in [0.717, 1.165) is 22.2 Å². The molecule has 3 heterocycles. The van der Waals surface area contributed by atoms with E-state index in [1.54, 1.807) is 30.3 Å². The molecule has 0 radical (unpaired) electrons. The van der Waals surface area contributed by atoms with Gasteiger partial charge < -0.3 is 14.8 Å². The Balaban J connectivity index is 1.43. The molecule has 3 aromatic rings. The average Bonchev–Trinajstić information content (AvgIpc) is 3.06. The molecule has 1 N–H and O–H groups in total. The molecule has 0 fully saturated rings. The normalized spacial score (nSPS) is 13.6. The molecule has 1 aromatic carbocycles. The Morgan fingerprint density at radius 1 is 1.29 bits per heavy atom. The largest absolute Gasteiger partial charge is 0.351 e. The van der Waals surface area contributed by atoms with Crippen molar-refractivity contribution in [2.75, 3.05) is 12.4 Å². The highest BCUT2D eigenvalue weighted by molar-refractivity contribution is 5.93. The summed E-state index contributed by atoms with van der Waals surface area (Å²) in [5.74, 6) is 0.541. The number of fused-ring (bicyclic) bond motifs is 2. The Bertz CT molecular complexity index is 1100. The maximum Gasteiger partial charge on any atom is 0.246 e. The summed E-state index contributed by atoms with van der Waals surface area (Å²) in [6, 6.07) is 10.3. The van der Waals surface area contributed by atoms with Gasteiger partial charge in [-0.2, -0.15) is 0 Å². The van der Waals surface area contributed by atoms with Gasteiger partial charge in [-0.15, -0.1) is 0 Å². The number of rotatable bonds is 4. The van der Waals surface area contributed by atoms with E-state index in [4.69, 9.17) is 0 Å². The van der Waals surface area contributed by atoms with Gasteiger partial charge in [0.1, 0.15) is 5.82 Å². The Hall–Kier alpha value is -3.41. The van der Waals surface area contributed by atoms with Crippen molar-refractivity contribution in [2.45, 2.75) is 19.4 Å². The number of anilines is 1. The number of carbonyl (C=O) groups excluding carboxylic acids is 2. The Morgan fingerprint density at radius 3 is 3.00 bits per heavy atom. The van der Waals surface area contributed by atoms with Crippen LogP contribution in [0.1, 0.15) is 23.1 Å². The first-order valence-electron chi connectivity index (χ1n) is 9.25. The molecule has 1 aliphatic heterocycles. The minimum absolute atomic E-state index is 0.00590. The van der Waals surface area contributed by atoms with Crippen LogP contribution in [0.15, 0.2) is 48.8 Å². The van der Waals surface area contributed by atoms with Crippen LogP contribution in [0.25, 0.3) is 17.0 Å². The lowest BCUT2D eigenvalue weighted by Gasteiger charge is -2.16. The van der Waals surface area contributed by atoms with Crippen LogP contribution in [0.3, 0.4) is 0 Å². The van der Waals surface area contributed by atoms with Crippen molar-refractivity contribution in [3.05, 3.63) is 65.5 Å². The Labute approximate surface area is 163 Å². The smallest absolute Gasteiger partial charge is 0.246 e. The lowest BCUT2D eigenvalue weighted by molar-refractivity contribution is -0.125. The van der Waals surface area contributed by atoms with Gasteiger partial charge in [0.05, 0.1) is 0 Å². The first-order valence-corrected chi connectivity index (χ1v) is 9.25. The van der Waals surface area contributed by atoms with Crippen LogP contribution >= 0.6 is 0 Å². The summed E-state index contributed by atoms with van der Waals surface area (Å²) >= 11 is 0. The number of amides is 2. The molecule has 2 aromatic heterocycles. The van der Waals surface area contributed by atoms with Crippen molar-refractivity contribution in [2.24, 2.45) is 7.05 Å². The van der Waals surface area contributed by atoms with Crippen molar-refractivity contribution in [3.8, 4) is 0 Å². The molecular formula is C22H22N4O2. The molecule has 28 heavy (non-hydrogen) atoms. The standard InChI is InChI=1S/C22H22N4O2/c1-25-10-9-17-5-3-16(12-19(17)25)14-26(2)21(28)8-4-15-11-18-6-7-20(27)24-22(18)23-13-15/h3-5,8-13H,6-7,14H2,1-2H3,(H,23,24,27). The number of aryl methyl sites for hydroxylation is 2. The van der Waals surface area contributed by atoms with Gasteiger partial charge in [0.2, 0.25) is 11.8 Å². The SMILES string of the molecule is CN(Cc1ccc2ccn(C)c2c1)C(=O)C=Cc1cnc2c(c1)CCC(=O)N2. The van der Waals surface area contributed by atoms with Crippen LogP contribution in [0.4, 0.5) is 5.82 Å². The molecule has 6 nitrogen and oxygen atoms in total. The highest BCUT2D eigenvalue weighted by Crippen LogP contribution is 2.21. The molecular weight excluding hydrogens is 352 g/mol. The number of nitrogens with zero attached hydrogens (tertiary/aromatic N) is 3.